The summed E-state index contributed by atoms with van der Waals surface area (Å²) in [5, 5.41) is 0. The van der Waals surface area contributed by atoms with E-state index in [9.17, 15) is 35.5 Å². The van der Waals surface area contributed by atoms with Gasteiger partial charge in [-0.2, -0.15) is 30.7 Å². The third-order valence-electron chi connectivity index (χ3n) is 8.31. The maximum absolute atomic E-state index is 13.5. The van der Waals surface area contributed by atoms with E-state index in [2.05, 4.69) is 6.92 Å². The predicted molar refractivity (Wildman–Crippen MR) is 127 cm³/mol. The highest BCUT2D eigenvalue weighted by atomic mass is 19.4. The summed E-state index contributed by atoms with van der Waals surface area (Å²) in [6.45, 7) is 2.23. The zero-order valence-corrected chi connectivity index (χ0v) is 21.3. The molecule has 0 radical (unpaired) electrons. The highest BCUT2D eigenvalue weighted by Gasteiger charge is 2.72. The molecule has 0 atom stereocenters. The fourth-order valence-corrected chi connectivity index (χ4v) is 5.86. The summed E-state index contributed by atoms with van der Waals surface area (Å²) >= 11 is 0. The Bertz CT molecular complexity index is 850. The first-order valence-corrected chi connectivity index (χ1v) is 13.5. The number of carbonyl (C=O) groups is 1. The van der Waals surface area contributed by atoms with Crippen LogP contribution in [0.5, 0.6) is 5.75 Å². The molecular weight excluding hydrogens is 501 g/mol. The molecule has 37 heavy (non-hydrogen) atoms. The lowest BCUT2D eigenvalue weighted by atomic mass is 9.68. The Hall–Kier alpha value is -1.80. The fourth-order valence-electron chi connectivity index (χ4n) is 5.86. The van der Waals surface area contributed by atoms with Crippen molar-refractivity contribution in [2.24, 2.45) is 23.7 Å². The van der Waals surface area contributed by atoms with E-state index in [0.717, 1.165) is 37.5 Å². The number of halogens is 7. The molecule has 0 N–H and O–H groups in total. The molecule has 2 nitrogen and oxygen atoms in total. The molecule has 0 aromatic heterocycles. The number of benzene rings is 1. The lowest BCUT2D eigenvalue weighted by molar-refractivity contribution is -0.355. The first-order valence-electron chi connectivity index (χ1n) is 13.5. The summed E-state index contributed by atoms with van der Waals surface area (Å²) in [6, 6.07) is 5.27. The van der Waals surface area contributed by atoms with Crippen molar-refractivity contribution in [3.63, 3.8) is 0 Å². The van der Waals surface area contributed by atoms with Gasteiger partial charge in [0, 0.05) is 6.42 Å². The zero-order chi connectivity index (χ0) is 27.3. The Morgan fingerprint density at radius 1 is 0.838 bits per heavy atom. The van der Waals surface area contributed by atoms with E-state index >= 15 is 0 Å². The van der Waals surface area contributed by atoms with Crippen molar-refractivity contribution in [3.8, 4) is 5.75 Å². The Morgan fingerprint density at radius 2 is 1.38 bits per heavy atom. The van der Waals surface area contributed by atoms with Crippen LogP contribution >= 0.6 is 0 Å². The maximum Gasteiger partial charge on any atom is 0.459 e. The lowest BCUT2D eigenvalue weighted by Crippen LogP contribution is -2.52. The van der Waals surface area contributed by atoms with Crippen LogP contribution in [0.2, 0.25) is 0 Å². The highest BCUT2D eigenvalue weighted by Crippen LogP contribution is 2.48. The van der Waals surface area contributed by atoms with Gasteiger partial charge in [0.05, 0.1) is 5.92 Å². The van der Waals surface area contributed by atoms with E-state index in [-0.39, 0.29) is 23.2 Å². The molecule has 0 bridgehead atoms. The van der Waals surface area contributed by atoms with Crippen LogP contribution in [0.15, 0.2) is 24.3 Å². The molecule has 0 amide bonds. The van der Waals surface area contributed by atoms with Gasteiger partial charge in [-0.25, -0.2) is 0 Å². The van der Waals surface area contributed by atoms with E-state index < -0.39 is 30.9 Å². The quantitative estimate of drug-likeness (QED) is 0.169. The molecule has 1 aromatic carbocycles. The molecule has 2 fully saturated rings. The van der Waals surface area contributed by atoms with Crippen molar-refractivity contribution >= 4 is 5.97 Å². The molecule has 0 heterocycles. The zero-order valence-electron chi connectivity index (χ0n) is 21.3. The minimum Gasteiger partial charge on any atom is -0.426 e. The monoisotopic (exact) mass is 538 g/mol. The van der Waals surface area contributed by atoms with Gasteiger partial charge in [0.1, 0.15) is 5.75 Å². The van der Waals surface area contributed by atoms with E-state index in [1.165, 1.54) is 69.2 Å². The molecule has 2 saturated carbocycles. The van der Waals surface area contributed by atoms with Gasteiger partial charge in [0.2, 0.25) is 0 Å². The van der Waals surface area contributed by atoms with Crippen molar-refractivity contribution < 1.29 is 40.3 Å². The standard InChI is InChI=1S/C28H37F7O2/c1-2-3-4-19-5-9-21(10-6-19)22-11-13-23(14-12-22)25(36)37-24-15-7-20(8-16-24)17-18-26(29,30)27(31,32)28(33,34)35/h7-8,15-16,19,21-23H,2-6,9-14,17-18H2,1H3/t19-,21-,22-,23-. The second-order valence-electron chi connectivity index (χ2n) is 10.9. The van der Waals surface area contributed by atoms with Crippen LogP contribution in [0.4, 0.5) is 30.7 Å². The third kappa shape index (κ3) is 7.62. The smallest absolute Gasteiger partial charge is 0.426 e. The van der Waals surface area contributed by atoms with Gasteiger partial charge in [0.25, 0.3) is 0 Å². The minimum absolute atomic E-state index is 0.141. The lowest BCUT2D eigenvalue weighted by Gasteiger charge is -2.37. The number of aryl methyl sites for hydroxylation is 1. The molecule has 3 rings (SSSR count). The van der Waals surface area contributed by atoms with Crippen LogP contribution in [-0.4, -0.2) is 24.0 Å². The first kappa shape index (κ1) is 29.8. The average Bonchev–Trinajstić information content (AvgIpc) is 2.86. The molecule has 2 aliphatic carbocycles. The molecule has 210 valence electrons. The van der Waals surface area contributed by atoms with Crippen LogP contribution < -0.4 is 4.74 Å². The Balaban J connectivity index is 1.42. The number of carbonyl (C=O) groups excluding carboxylic acids is 1. The molecular formula is C28H37F7O2. The van der Waals surface area contributed by atoms with Crippen LogP contribution in [0.3, 0.4) is 0 Å². The van der Waals surface area contributed by atoms with E-state index in [1.807, 2.05) is 0 Å². The average molecular weight is 539 g/mol. The highest BCUT2D eigenvalue weighted by molar-refractivity contribution is 5.75. The molecule has 2 aliphatic rings. The van der Waals surface area contributed by atoms with Crippen molar-refractivity contribution in [2.45, 2.75) is 108 Å². The Kier molecular flexibility index (Phi) is 9.95. The van der Waals surface area contributed by atoms with Gasteiger partial charge >= 0.3 is 24.0 Å². The third-order valence-corrected chi connectivity index (χ3v) is 8.31. The number of rotatable bonds is 10. The second kappa shape index (κ2) is 12.4. The van der Waals surface area contributed by atoms with Gasteiger partial charge in [-0.15, -0.1) is 0 Å². The number of unbranched alkanes of at least 4 members (excludes halogenated alkanes) is 1. The number of hydrogen-bond donors (Lipinski definition) is 0. The second-order valence-corrected chi connectivity index (χ2v) is 10.9. The topological polar surface area (TPSA) is 26.3 Å². The molecule has 1 aromatic rings. The number of hydrogen-bond acceptors (Lipinski definition) is 2. The van der Waals surface area contributed by atoms with Gasteiger partial charge in [-0.1, -0.05) is 51.2 Å². The van der Waals surface area contributed by atoms with E-state index in [0.29, 0.717) is 5.92 Å². The first-order chi connectivity index (χ1) is 17.3. The van der Waals surface area contributed by atoms with Gasteiger partial charge in [-0.05, 0) is 80.4 Å². The van der Waals surface area contributed by atoms with Crippen LogP contribution in [0.1, 0.15) is 89.5 Å². The molecule has 0 unspecified atom stereocenters. The molecule has 0 aliphatic heterocycles. The van der Waals surface area contributed by atoms with Gasteiger partial charge < -0.3 is 4.74 Å². The SMILES string of the molecule is CCCC[C@H]1CC[C@H]([C@H]2CC[C@H](C(=O)Oc3ccc(CCC(F)(F)C(F)(F)C(F)(F)F)cc3)CC2)CC1. The van der Waals surface area contributed by atoms with Crippen LogP contribution in [0, 0.1) is 23.7 Å². The normalized spacial score (nSPS) is 25.6. The summed E-state index contributed by atoms with van der Waals surface area (Å²) in [6.07, 6.45) is 3.91. The summed E-state index contributed by atoms with van der Waals surface area (Å²) in [7, 11) is 0. The van der Waals surface area contributed by atoms with Crippen molar-refractivity contribution in [2.75, 3.05) is 0 Å². The van der Waals surface area contributed by atoms with Gasteiger partial charge in [0.15, 0.2) is 0 Å². The van der Waals surface area contributed by atoms with E-state index in [4.69, 9.17) is 4.74 Å². The van der Waals surface area contributed by atoms with E-state index in [1.54, 1.807) is 0 Å². The number of alkyl halides is 7. The summed E-state index contributed by atoms with van der Waals surface area (Å²) in [5.41, 5.74) is 0.141. The van der Waals surface area contributed by atoms with Crippen LogP contribution in [-0.2, 0) is 11.2 Å². The van der Waals surface area contributed by atoms with Crippen molar-refractivity contribution in [3.05, 3.63) is 29.8 Å². The maximum atomic E-state index is 13.5. The Morgan fingerprint density at radius 3 is 1.89 bits per heavy atom. The van der Waals surface area contributed by atoms with Gasteiger partial charge in [-0.3, -0.25) is 4.79 Å². The predicted octanol–water partition coefficient (Wildman–Crippen LogP) is 9.16. The van der Waals surface area contributed by atoms with Crippen molar-refractivity contribution in [1.29, 1.82) is 0 Å². The summed E-state index contributed by atoms with van der Waals surface area (Å²) in [5.74, 6) is -9.46. The largest absolute Gasteiger partial charge is 0.459 e. The number of ether oxygens (including phenoxy) is 1. The summed E-state index contributed by atoms with van der Waals surface area (Å²) < 4.78 is 95.4. The number of esters is 1. The fraction of sp³-hybridized carbons (Fsp3) is 0.750. The molecule has 9 heteroatoms. The summed E-state index contributed by atoms with van der Waals surface area (Å²) in [4.78, 5) is 12.6. The Labute approximate surface area is 214 Å². The molecule has 0 saturated heterocycles. The minimum atomic E-state index is -6.33. The molecule has 0 spiro atoms. The van der Waals surface area contributed by atoms with Crippen LogP contribution in [0.25, 0.3) is 0 Å². The van der Waals surface area contributed by atoms with Crippen molar-refractivity contribution in [1.82, 2.24) is 0 Å².